The van der Waals surface area contributed by atoms with E-state index in [0.29, 0.717) is 5.88 Å². The van der Waals surface area contributed by atoms with Crippen molar-refractivity contribution in [2.24, 2.45) is 0 Å². The lowest BCUT2D eigenvalue weighted by molar-refractivity contribution is 0.0628. The van der Waals surface area contributed by atoms with Crippen LogP contribution < -0.4 is 0 Å². The summed E-state index contributed by atoms with van der Waals surface area (Å²) in [4.78, 5) is 0. The second kappa shape index (κ2) is 8.54. The van der Waals surface area contributed by atoms with Crippen LogP contribution in [0.4, 0.5) is 0 Å². The second-order valence-electron chi connectivity index (χ2n) is 4.45. The van der Waals surface area contributed by atoms with E-state index < -0.39 is 0 Å². The number of benzene rings is 1. The van der Waals surface area contributed by atoms with Crippen molar-refractivity contribution >= 4 is 11.6 Å². The SMILES string of the molecule is CCCCCCOC(C)c1ccc(CCl)cc1. The molecule has 0 saturated carbocycles. The van der Waals surface area contributed by atoms with Crippen LogP contribution in [-0.4, -0.2) is 6.61 Å². The molecule has 1 rings (SSSR count). The summed E-state index contributed by atoms with van der Waals surface area (Å²) < 4.78 is 5.82. The van der Waals surface area contributed by atoms with Gasteiger partial charge < -0.3 is 4.74 Å². The predicted octanol–water partition coefficient (Wildman–Crippen LogP) is 5.08. The van der Waals surface area contributed by atoms with E-state index in [-0.39, 0.29) is 6.10 Å². The molecule has 0 amide bonds. The first kappa shape index (κ1) is 14.5. The molecule has 0 aliphatic heterocycles. The van der Waals surface area contributed by atoms with Crippen LogP contribution in [0.3, 0.4) is 0 Å². The van der Waals surface area contributed by atoms with Gasteiger partial charge in [-0.1, -0.05) is 50.5 Å². The zero-order valence-corrected chi connectivity index (χ0v) is 11.7. The maximum atomic E-state index is 5.82. The van der Waals surface area contributed by atoms with Crippen LogP contribution in [0.15, 0.2) is 24.3 Å². The molecule has 0 fully saturated rings. The molecule has 1 atom stereocenters. The Balaban J connectivity index is 2.28. The normalized spacial score (nSPS) is 12.6. The number of alkyl halides is 1. The van der Waals surface area contributed by atoms with Crippen LogP contribution in [-0.2, 0) is 10.6 Å². The summed E-state index contributed by atoms with van der Waals surface area (Å²) >= 11 is 5.76. The van der Waals surface area contributed by atoms with Crippen molar-refractivity contribution in [3.63, 3.8) is 0 Å². The van der Waals surface area contributed by atoms with Crippen molar-refractivity contribution in [1.82, 2.24) is 0 Å². The molecule has 0 aliphatic rings. The van der Waals surface area contributed by atoms with Gasteiger partial charge in [-0.3, -0.25) is 0 Å². The Labute approximate surface area is 110 Å². The van der Waals surface area contributed by atoms with E-state index in [9.17, 15) is 0 Å². The van der Waals surface area contributed by atoms with Crippen LogP contribution in [0.2, 0.25) is 0 Å². The van der Waals surface area contributed by atoms with Crippen LogP contribution in [0.1, 0.15) is 56.8 Å². The minimum Gasteiger partial charge on any atom is -0.374 e. The Morgan fingerprint density at radius 2 is 1.82 bits per heavy atom. The summed E-state index contributed by atoms with van der Waals surface area (Å²) in [5.41, 5.74) is 2.39. The second-order valence-corrected chi connectivity index (χ2v) is 4.72. The number of unbranched alkanes of at least 4 members (excludes halogenated alkanes) is 3. The van der Waals surface area contributed by atoms with Gasteiger partial charge in [0.25, 0.3) is 0 Å². The van der Waals surface area contributed by atoms with Crippen LogP contribution in [0, 0.1) is 0 Å². The Morgan fingerprint density at radius 1 is 1.12 bits per heavy atom. The average Bonchev–Trinajstić information content (AvgIpc) is 2.38. The number of hydrogen-bond donors (Lipinski definition) is 0. The van der Waals surface area contributed by atoms with Gasteiger partial charge in [0.05, 0.1) is 6.10 Å². The third-order valence-corrected chi connectivity index (χ3v) is 3.28. The van der Waals surface area contributed by atoms with E-state index in [1.807, 2.05) is 0 Å². The van der Waals surface area contributed by atoms with Gasteiger partial charge in [0.1, 0.15) is 0 Å². The third kappa shape index (κ3) is 5.56. The van der Waals surface area contributed by atoms with Crippen LogP contribution in [0.25, 0.3) is 0 Å². The molecular weight excluding hydrogens is 232 g/mol. The van der Waals surface area contributed by atoms with Crippen molar-refractivity contribution in [3.05, 3.63) is 35.4 Å². The molecule has 1 nitrogen and oxygen atoms in total. The highest BCUT2D eigenvalue weighted by molar-refractivity contribution is 6.17. The molecule has 1 aromatic carbocycles. The lowest BCUT2D eigenvalue weighted by Crippen LogP contribution is -2.01. The van der Waals surface area contributed by atoms with E-state index in [2.05, 4.69) is 38.1 Å². The first-order valence-electron chi connectivity index (χ1n) is 6.54. The molecule has 0 spiro atoms. The van der Waals surface area contributed by atoms with Gasteiger partial charge in [-0.25, -0.2) is 0 Å². The fraction of sp³-hybridized carbons (Fsp3) is 0.600. The Morgan fingerprint density at radius 3 is 2.41 bits per heavy atom. The number of hydrogen-bond acceptors (Lipinski definition) is 1. The highest BCUT2D eigenvalue weighted by Gasteiger charge is 2.05. The van der Waals surface area contributed by atoms with Crippen molar-refractivity contribution in [2.45, 2.75) is 51.5 Å². The van der Waals surface area contributed by atoms with Crippen molar-refractivity contribution < 1.29 is 4.74 Å². The smallest absolute Gasteiger partial charge is 0.0796 e. The summed E-state index contributed by atoms with van der Waals surface area (Å²) in [5, 5.41) is 0. The number of rotatable bonds is 8. The van der Waals surface area contributed by atoms with Gasteiger partial charge in [-0.15, -0.1) is 11.6 Å². The van der Waals surface area contributed by atoms with E-state index in [1.54, 1.807) is 0 Å². The molecular formula is C15H23ClO. The Hall–Kier alpha value is -0.530. The van der Waals surface area contributed by atoms with Crippen molar-refractivity contribution in [1.29, 1.82) is 0 Å². The van der Waals surface area contributed by atoms with E-state index in [0.717, 1.165) is 18.6 Å². The third-order valence-electron chi connectivity index (χ3n) is 2.97. The Kier molecular flexibility index (Phi) is 7.30. The zero-order chi connectivity index (χ0) is 12.5. The van der Waals surface area contributed by atoms with Crippen LogP contribution in [0.5, 0.6) is 0 Å². The molecule has 17 heavy (non-hydrogen) atoms. The molecule has 0 N–H and O–H groups in total. The van der Waals surface area contributed by atoms with Gasteiger partial charge in [-0.05, 0) is 24.5 Å². The number of halogens is 1. The molecule has 96 valence electrons. The molecule has 0 radical (unpaired) electrons. The van der Waals surface area contributed by atoms with Gasteiger partial charge in [0, 0.05) is 12.5 Å². The molecule has 0 saturated heterocycles. The Bertz CT molecular complexity index is 294. The average molecular weight is 255 g/mol. The van der Waals surface area contributed by atoms with Crippen molar-refractivity contribution in [2.75, 3.05) is 6.61 Å². The minimum absolute atomic E-state index is 0.181. The monoisotopic (exact) mass is 254 g/mol. The molecule has 1 aromatic rings. The molecule has 0 heterocycles. The quantitative estimate of drug-likeness (QED) is 0.464. The summed E-state index contributed by atoms with van der Waals surface area (Å²) in [6.45, 7) is 5.19. The van der Waals surface area contributed by atoms with Crippen LogP contribution >= 0.6 is 11.6 Å². The topological polar surface area (TPSA) is 9.23 Å². The largest absolute Gasteiger partial charge is 0.374 e. The maximum absolute atomic E-state index is 5.82. The molecule has 0 aromatic heterocycles. The lowest BCUT2D eigenvalue weighted by Gasteiger charge is -2.13. The molecule has 2 heteroatoms. The zero-order valence-electron chi connectivity index (χ0n) is 10.9. The predicted molar refractivity (Wildman–Crippen MR) is 74.5 cm³/mol. The van der Waals surface area contributed by atoms with E-state index in [4.69, 9.17) is 16.3 Å². The van der Waals surface area contributed by atoms with E-state index >= 15 is 0 Å². The molecule has 0 bridgehead atoms. The van der Waals surface area contributed by atoms with E-state index in [1.165, 1.54) is 24.8 Å². The summed E-state index contributed by atoms with van der Waals surface area (Å²) in [7, 11) is 0. The lowest BCUT2D eigenvalue weighted by atomic mass is 10.1. The van der Waals surface area contributed by atoms with Gasteiger partial charge >= 0.3 is 0 Å². The molecule has 0 aliphatic carbocycles. The summed E-state index contributed by atoms with van der Waals surface area (Å²) in [6.07, 6.45) is 5.20. The summed E-state index contributed by atoms with van der Waals surface area (Å²) in [6, 6.07) is 8.35. The standard InChI is InChI=1S/C15H23ClO/c1-3-4-5-6-11-17-13(2)15-9-7-14(12-16)8-10-15/h7-10,13H,3-6,11-12H2,1-2H3. The van der Waals surface area contributed by atoms with Gasteiger partial charge in [-0.2, -0.15) is 0 Å². The first-order chi connectivity index (χ1) is 8.27. The highest BCUT2D eigenvalue weighted by Crippen LogP contribution is 2.18. The maximum Gasteiger partial charge on any atom is 0.0796 e. The summed E-state index contributed by atoms with van der Waals surface area (Å²) in [5.74, 6) is 0.576. The molecule has 1 unspecified atom stereocenters. The van der Waals surface area contributed by atoms with Gasteiger partial charge in [0.15, 0.2) is 0 Å². The highest BCUT2D eigenvalue weighted by atomic mass is 35.5. The fourth-order valence-corrected chi connectivity index (χ4v) is 1.94. The van der Waals surface area contributed by atoms with Gasteiger partial charge in [0.2, 0.25) is 0 Å². The first-order valence-corrected chi connectivity index (χ1v) is 7.07. The fourth-order valence-electron chi connectivity index (χ4n) is 1.76. The minimum atomic E-state index is 0.181. The number of ether oxygens (including phenoxy) is 1. The van der Waals surface area contributed by atoms with Crippen molar-refractivity contribution in [3.8, 4) is 0 Å².